The summed E-state index contributed by atoms with van der Waals surface area (Å²) in [6.07, 6.45) is 1.78. The van der Waals surface area contributed by atoms with E-state index < -0.39 is 0 Å². The maximum absolute atomic E-state index is 12.1. The van der Waals surface area contributed by atoms with Gasteiger partial charge in [-0.3, -0.25) is 9.59 Å². The minimum atomic E-state index is -0.313. The van der Waals surface area contributed by atoms with E-state index in [0.29, 0.717) is 39.0 Å². The van der Waals surface area contributed by atoms with Crippen molar-refractivity contribution in [2.45, 2.75) is 45.4 Å². The van der Waals surface area contributed by atoms with Crippen molar-refractivity contribution < 1.29 is 14.3 Å². The van der Waals surface area contributed by atoms with E-state index in [1.165, 1.54) is 5.56 Å². The highest BCUT2D eigenvalue weighted by Gasteiger charge is 2.29. The smallest absolute Gasteiger partial charge is 0.222 e. The number of primary amides is 1. The van der Waals surface area contributed by atoms with Gasteiger partial charge in [-0.1, -0.05) is 32.9 Å². The monoisotopic (exact) mass is 332 g/mol. The summed E-state index contributed by atoms with van der Waals surface area (Å²) in [6.45, 7) is 8.12. The fourth-order valence-corrected chi connectivity index (χ4v) is 2.84. The lowest BCUT2D eigenvalue weighted by atomic mass is 9.87. The molecule has 1 heterocycles. The molecule has 1 aromatic carbocycles. The standard InChI is InChI=1S/C19H28N2O3/c1-19(2,3)15-6-8-16(9-7-15)24-12-4-5-17(22)21-11-10-14(13-21)18(20)23/h6-9,14H,4-5,10-13H2,1-3H3,(H2,20,23)/t14-/m1/s1. The fraction of sp³-hybridized carbons (Fsp3) is 0.579. The summed E-state index contributed by atoms with van der Waals surface area (Å²) in [5.41, 5.74) is 6.68. The second kappa shape index (κ2) is 7.69. The molecule has 1 aliphatic heterocycles. The van der Waals surface area contributed by atoms with Crippen LogP contribution < -0.4 is 10.5 Å². The quantitative estimate of drug-likeness (QED) is 0.813. The number of benzene rings is 1. The summed E-state index contributed by atoms with van der Waals surface area (Å²) in [7, 11) is 0. The second-order valence-corrected chi connectivity index (χ2v) is 7.45. The molecule has 1 fully saturated rings. The van der Waals surface area contributed by atoms with Crippen molar-refractivity contribution in [3.63, 3.8) is 0 Å². The number of amides is 2. The lowest BCUT2D eigenvalue weighted by Gasteiger charge is -2.19. The number of nitrogens with two attached hydrogens (primary N) is 1. The molecule has 1 aliphatic rings. The zero-order valence-corrected chi connectivity index (χ0v) is 14.9. The summed E-state index contributed by atoms with van der Waals surface area (Å²) in [6, 6.07) is 8.10. The molecule has 1 atom stereocenters. The van der Waals surface area contributed by atoms with Crippen LogP contribution in [0.4, 0.5) is 0 Å². The van der Waals surface area contributed by atoms with Gasteiger partial charge in [-0.05, 0) is 36.0 Å². The van der Waals surface area contributed by atoms with Crippen LogP contribution >= 0.6 is 0 Å². The fourth-order valence-electron chi connectivity index (χ4n) is 2.84. The molecule has 0 radical (unpaired) electrons. The van der Waals surface area contributed by atoms with Crippen molar-refractivity contribution in [3.8, 4) is 5.75 Å². The zero-order chi connectivity index (χ0) is 17.7. The Kier molecular flexibility index (Phi) is 5.86. The first-order valence-electron chi connectivity index (χ1n) is 8.58. The van der Waals surface area contributed by atoms with Crippen LogP contribution in [0.25, 0.3) is 0 Å². The Balaban J connectivity index is 1.69. The van der Waals surface area contributed by atoms with E-state index in [4.69, 9.17) is 10.5 Å². The predicted molar refractivity (Wildman–Crippen MR) is 93.8 cm³/mol. The van der Waals surface area contributed by atoms with E-state index in [1.807, 2.05) is 12.1 Å². The van der Waals surface area contributed by atoms with Gasteiger partial charge in [0.15, 0.2) is 0 Å². The summed E-state index contributed by atoms with van der Waals surface area (Å²) >= 11 is 0. The van der Waals surface area contributed by atoms with Crippen LogP contribution in [0.5, 0.6) is 5.75 Å². The highest BCUT2D eigenvalue weighted by molar-refractivity contribution is 5.81. The van der Waals surface area contributed by atoms with Gasteiger partial charge in [0.2, 0.25) is 11.8 Å². The van der Waals surface area contributed by atoms with Gasteiger partial charge in [-0.25, -0.2) is 0 Å². The minimum absolute atomic E-state index is 0.0745. The molecule has 5 heteroatoms. The van der Waals surface area contributed by atoms with E-state index >= 15 is 0 Å². The molecule has 2 N–H and O–H groups in total. The SMILES string of the molecule is CC(C)(C)c1ccc(OCCCC(=O)N2CC[C@@H](C(N)=O)C2)cc1. The van der Waals surface area contributed by atoms with Gasteiger partial charge in [0.25, 0.3) is 0 Å². The van der Waals surface area contributed by atoms with Crippen LogP contribution in [0.1, 0.15) is 45.6 Å². The van der Waals surface area contributed by atoms with Crippen molar-refractivity contribution in [2.75, 3.05) is 19.7 Å². The number of ether oxygens (including phenoxy) is 1. The summed E-state index contributed by atoms with van der Waals surface area (Å²) in [5, 5.41) is 0. The van der Waals surface area contributed by atoms with Crippen LogP contribution in [-0.4, -0.2) is 36.4 Å². The third kappa shape index (κ3) is 4.98. The van der Waals surface area contributed by atoms with Gasteiger partial charge in [0.1, 0.15) is 5.75 Å². The number of likely N-dealkylation sites (tertiary alicyclic amines) is 1. The van der Waals surface area contributed by atoms with Crippen molar-refractivity contribution in [1.82, 2.24) is 4.90 Å². The lowest BCUT2D eigenvalue weighted by Crippen LogP contribution is -2.31. The van der Waals surface area contributed by atoms with Gasteiger partial charge >= 0.3 is 0 Å². The Morgan fingerprint density at radius 1 is 1.25 bits per heavy atom. The van der Waals surface area contributed by atoms with Crippen molar-refractivity contribution >= 4 is 11.8 Å². The molecule has 0 spiro atoms. The van der Waals surface area contributed by atoms with Gasteiger partial charge in [0, 0.05) is 19.5 Å². The van der Waals surface area contributed by atoms with Gasteiger partial charge in [-0.15, -0.1) is 0 Å². The molecule has 0 bridgehead atoms. The van der Waals surface area contributed by atoms with E-state index in [0.717, 1.165) is 5.75 Å². The number of rotatable bonds is 6. The van der Waals surface area contributed by atoms with Gasteiger partial charge in [-0.2, -0.15) is 0 Å². The van der Waals surface area contributed by atoms with Gasteiger partial charge in [0.05, 0.1) is 12.5 Å². The number of hydrogen-bond acceptors (Lipinski definition) is 3. The van der Waals surface area contributed by atoms with E-state index in [-0.39, 0.29) is 23.1 Å². The Labute approximate surface area is 144 Å². The third-order valence-corrected chi connectivity index (χ3v) is 4.47. The summed E-state index contributed by atoms with van der Waals surface area (Å²) in [5.74, 6) is 0.398. The van der Waals surface area contributed by atoms with E-state index in [2.05, 4.69) is 32.9 Å². The topological polar surface area (TPSA) is 72.6 Å². The van der Waals surface area contributed by atoms with Crippen LogP contribution in [0, 0.1) is 5.92 Å². The first-order chi connectivity index (χ1) is 11.3. The molecule has 2 rings (SSSR count). The maximum atomic E-state index is 12.1. The molecule has 1 aromatic rings. The van der Waals surface area contributed by atoms with Crippen LogP contribution in [0.3, 0.4) is 0 Å². The first kappa shape index (κ1) is 18.3. The average Bonchev–Trinajstić information content (AvgIpc) is 3.01. The van der Waals surface area contributed by atoms with Crippen LogP contribution in [-0.2, 0) is 15.0 Å². The van der Waals surface area contributed by atoms with Crippen LogP contribution in [0.15, 0.2) is 24.3 Å². The average molecular weight is 332 g/mol. The third-order valence-electron chi connectivity index (χ3n) is 4.47. The number of hydrogen-bond donors (Lipinski definition) is 1. The molecule has 132 valence electrons. The summed E-state index contributed by atoms with van der Waals surface area (Å²) < 4.78 is 5.70. The Hall–Kier alpha value is -2.04. The number of nitrogens with zero attached hydrogens (tertiary/aromatic N) is 1. The Morgan fingerprint density at radius 3 is 2.46 bits per heavy atom. The largest absolute Gasteiger partial charge is 0.494 e. The molecular weight excluding hydrogens is 304 g/mol. The molecule has 2 amide bonds. The molecule has 0 saturated carbocycles. The lowest BCUT2D eigenvalue weighted by molar-refractivity contribution is -0.130. The molecule has 24 heavy (non-hydrogen) atoms. The highest BCUT2D eigenvalue weighted by Crippen LogP contribution is 2.24. The van der Waals surface area contributed by atoms with E-state index in [1.54, 1.807) is 4.90 Å². The first-order valence-corrected chi connectivity index (χ1v) is 8.58. The molecule has 0 aliphatic carbocycles. The molecular formula is C19H28N2O3. The highest BCUT2D eigenvalue weighted by atomic mass is 16.5. The van der Waals surface area contributed by atoms with E-state index in [9.17, 15) is 9.59 Å². The Bertz CT molecular complexity index is 575. The summed E-state index contributed by atoms with van der Waals surface area (Å²) in [4.78, 5) is 25.0. The maximum Gasteiger partial charge on any atom is 0.222 e. The zero-order valence-electron chi connectivity index (χ0n) is 14.9. The van der Waals surface area contributed by atoms with Crippen molar-refractivity contribution in [2.24, 2.45) is 11.7 Å². The van der Waals surface area contributed by atoms with Crippen molar-refractivity contribution in [1.29, 1.82) is 0 Å². The van der Waals surface area contributed by atoms with Gasteiger partial charge < -0.3 is 15.4 Å². The van der Waals surface area contributed by atoms with Crippen molar-refractivity contribution in [3.05, 3.63) is 29.8 Å². The number of carbonyl (C=O) groups is 2. The molecule has 1 saturated heterocycles. The minimum Gasteiger partial charge on any atom is -0.494 e. The molecule has 5 nitrogen and oxygen atoms in total. The number of carbonyl (C=O) groups excluding carboxylic acids is 2. The normalized spacial score (nSPS) is 17.8. The molecule has 0 unspecified atom stereocenters. The Morgan fingerprint density at radius 2 is 1.92 bits per heavy atom. The molecule has 0 aromatic heterocycles. The second-order valence-electron chi connectivity index (χ2n) is 7.45. The van der Waals surface area contributed by atoms with Crippen LogP contribution in [0.2, 0.25) is 0 Å². The predicted octanol–water partition coefficient (Wildman–Crippen LogP) is 2.48.